The second kappa shape index (κ2) is 11.6. The molecule has 0 spiro atoms. The minimum absolute atomic E-state index is 0.0372. The number of non-ortho nitro benzene ring substituents is 1. The summed E-state index contributed by atoms with van der Waals surface area (Å²) in [6.45, 7) is 5.80. The van der Waals surface area contributed by atoms with Crippen molar-refractivity contribution in [2.75, 3.05) is 13.2 Å². The van der Waals surface area contributed by atoms with Gasteiger partial charge < -0.3 is 14.5 Å². The number of nitro groups is 1. The van der Waals surface area contributed by atoms with Crippen molar-refractivity contribution in [1.82, 2.24) is 15.0 Å². The van der Waals surface area contributed by atoms with Crippen molar-refractivity contribution in [3.8, 4) is 0 Å². The van der Waals surface area contributed by atoms with Crippen molar-refractivity contribution in [1.29, 1.82) is 0 Å². The molecule has 0 saturated carbocycles. The van der Waals surface area contributed by atoms with E-state index in [1.807, 2.05) is 32.0 Å². The predicted molar refractivity (Wildman–Crippen MR) is 123 cm³/mol. The maximum Gasteiger partial charge on any atom is 0.302 e. The van der Waals surface area contributed by atoms with Crippen molar-refractivity contribution >= 4 is 23.4 Å². The molecule has 0 amide bonds. The minimum atomic E-state index is -0.409. The van der Waals surface area contributed by atoms with Gasteiger partial charge in [0.1, 0.15) is 23.6 Å². The molecule has 3 aromatic rings. The molecule has 0 bridgehead atoms. The van der Waals surface area contributed by atoms with Crippen LogP contribution in [0.5, 0.6) is 0 Å². The number of esters is 1. The lowest BCUT2D eigenvalue weighted by Crippen LogP contribution is -2.15. The Balaban J connectivity index is 1.86. The zero-order valence-electron chi connectivity index (χ0n) is 18.7. The Hall–Kier alpha value is -3.24. The molecule has 0 fully saturated rings. The topological polar surface area (TPSA) is 120 Å². The number of imidazole rings is 1. The first-order valence-electron chi connectivity index (χ1n) is 10.5. The Morgan fingerprint density at radius 2 is 1.97 bits per heavy atom. The third-order valence-corrected chi connectivity index (χ3v) is 5.70. The average Bonchev–Trinajstić information content (AvgIpc) is 3.20. The van der Waals surface area contributed by atoms with Gasteiger partial charge >= 0.3 is 5.97 Å². The lowest BCUT2D eigenvalue weighted by atomic mass is 10.1. The van der Waals surface area contributed by atoms with Crippen LogP contribution in [0.15, 0.2) is 58.7 Å². The summed E-state index contributed by atoms with van der Waals surface area (Å²) < 4.78 is 11.0. The standard InChI is InChI=1S/C23H26N4O5S/c1-15(2)21-23(33-19-6-4-5-18(14-19)27(29)30)26-22(25-21)20(32-12-11-31-16(3)28)13-17-7-9-24-10-8-17/h4-10,14-15,20H,11-13H2,1-3H3,(H,25,26). The number of hydrogen-bond donors (Lipinski definition) is 1. The van der Waals surface area contributed by atoms with Crippen molar-refractivity contribution in [2.45, 2.75) is 49.1 Å². The van der Waals surface area contributed by atoms with Crippen LogP contribution < -0.4 is 0 Å². The van der Waals surface area contributed by atoms with E-state index < -0.39 is 11.0 Å². The molecule has 1 aromatic carbocycles. The van der Waals surface area contributed by atoms with Gasteiger partial charge in [-0.2, -0.15) is 0 Å². The van der Waals surface area contributed by atoms with Crippen LogP contribution in [0.2, 0.25) is 0 Å². The molecule has 1 atom stereocenters. The van der Waals surface area contributed by atoms with Crippen LogP contribution in [0.1, 0.15) is 49.9 Å². The predicted octanol–water partition coefficient (Wildman–Crippen LogP) is 4.85. The molecule has 2 aromatic heterocycles. The Kier molecular flexibility index (Phi) is 8.56. The second-order valence-corrected chi connectivity index (χ2v) is 8.69. The maximum absolute atomic E-state index is 11.1. The van der Waals surface area contributed by atoms with E-state index in [4.69, 9.17) is 14.5 Å². The lowest BCUT2D eigenvalue weighted by molar-refractivity contribution is -0.385. The molecule has 0 aliphatic heterocycles. The number of nitrogens with zero attached hydrogens (tertiary/aromatic N) is 3. The first-order chi connectivity index (χ1) is 15.8. The van der Waals surface area contributed by atoms with Crippen LogP contribution in [-0.4, -0.2) is 39.1 Å². The van der Waals surface area contributed by atoms with Crippen molar-refractivity contribution in [3.05, 3.63) is 76.0 Å². The van der Waals surface area contributed by atoms with E-state index >= 15 is 0 Å². The zero-order chi connectivity index (χ0) is 23.8. The SMILES string of the molecule is CC(=O)OCCOC(Cc1ccncc1)c1nc(C(C)C)c(Sc2cccc([N+](=O)[O-])c2)[nH]1. The van der Waals surface area contributed by atoms with Gasteiger partial charge in [0.2, 0.25) is 0 Å². The van der Waals surface area contributed by atoms with Crippen molar-refractivity contribution in [2.24, 2.45) is 0 Å². The monoisotopic (exact) mass is 470 g/mol. The van der Waals surface area contributed by atoms with E-state index in [2.05, 4.69) is 9.97 Å². The highest BCUT2D eigenvalue weighted by atomic mass is 32.2. The number of nitrogens with one attached hydrogen (secondary N) is 1. The van der Waals surface area contributed by atoms with Gasteiger partial charge in [-0.25, -0.2) is 4.98 Å². The highest BCUT2D eigenvalue weighted by Crippen LogP contribution is 2.35. The molecule has 3 rings (SSSR count). The molecule has 1 N–H and O–H groups in total. The summed E-state index contributed by atoms with van der Waals surface area (Å²) in [5, 5.41) is 11.9. The van der Waals surface area contributed by atoms with E-state index in [9.17, 15) is 14.9 Å². The molecule has 0 aliphatic carbocycles. The summed E-state index contributed by atoms with van der Waals surface area (Å²) in [6, 6.07) is 10.3. The van der Waals surface area contributed by atoms with Gasteiger partial charge in [-0.1, -0.05) is 31.7 Å². The number of aromatic nitrogens is 3. The van der Waals surface area contributed by atoms with Gasteiger partial charge in [0.25, 0.3) is 5.69 Å². The number of carbonyl (C=O) groups is 1. The lowest BCUT2D eigenvalue weighted by Gasteiger charge is -2.16. The highest BCUT2D eigenvalue weighted by Gasteiger charge is 2.22. The largest absolute Gasteiger partial charge is 0.463 e. The molecule has 2 heterocycles. The van der Waals surface area contributed by atoms with Crippen molar-refractivity contribution < 1.29 is 19.2 Å². The maximum atomic E-state index is 11.1. The first-order valence-corrected chi connectivity index (χ1v) is 11.3. The summed E-state index contributed by atoms with van der Waals surface area (Å²) in [5.41, 5.74) is 1.91. The number of hydrogen-bond acceptors (Lipinski definition) is 8. The van der Waals surface area contributed by atoms with E-state index in [-0.39, 0.29) is 30.8 Å². The number of benzene rings is 1. The second-order valence-electron chi connectivity index (χ2n) is 7.61. The van der Waals surface area contributed by atoms with Gasteiger partial charge in [-0.3, -0.25) is 19.9 Å². The molecule has 10 heteroatoms. The summed E-state index contributed by atoms with van der Waals surface area (Å²) >= 11 is 1.39. The van der Waals surface area contributed by atoms with Gasteiger partial charge in [0.15, 0.2) is 0 Å². The molecule has 0 radical (unpaired) electrons. The Bertz CT molecular complexity index is 1090. The van der Waals surface area contributed by atoms with Gasteiger partial charge in [-0.05, 0) is 29.7 Å². The highest BCUT2D eigenvalue weighted by molar-refractivity contribution is 7.99. The smallest absolute Gasteiger partial charge is 0.302 e. The van der Waals surface area contributed by atoms with Crippen LogP contribution in [0, 0.1) is 10.1 Å². The number of pyridine rings is 1. The first kappa shape index (κ1) is 24.4. The van der Waals surface area contributed by atoms with Gasteiger partial charge in [0.05, 0.1) is 17.2 Å². The molecule has 9 nitrogen and oxygen atoms in total. The average molecular weight is 471 g/mol. The Morgan fingerprint density at radius 1 is 1.21 bits per heavy atom. The summed E-state index contributed by atoms with van der Waals surface area (Å²) in [4.78, 5) is 34.8. The summed E-state index contributed by atoms with van der Waals surface area (Å²) in [5.74, 6) is 0.408. The fourth-order valence-electron chi connectivity index (χ4n) is 3.13. The van der Waals surface area contributed by atoms with Crippen molar-refractivity contribution in [3.63, 3.8) is 0 Å². The molecule has 33 heavy (non-hydrogen) atoms. The third kappa shape index (κ3) is 7.13. The summed E-state index contributed by atoms with van der Waals surface area (Å²) in [7, 11) is 0. The molecule has 0 aliphatic rings. The fourth-order valence-corrected chi connectivity index (χ4v) is 4.24. The number of nitro benzene ring substituents is 1. The quantitative estimate of drug-likeness (QED) is 0.183. The minimum Gasteiger partial charge on any atom is -0.463 e. The number of carbonyl (C=O) groups excluding carboxylic acids is 1. The van der Waals surface area contributed by atoms with Crippen LogP contribution >= 0.6 is 11.8 Å². The number of rotatable bonds is 11. The van der Waals surface area contributed by atoms with E-state index in [0.717, 1.165) is 21.2 Å². The number of H-pyrrole nitrogens is 1. The molecular formula is C23H26N4O5S. The van der Waals surface area contributed by atoms with Crippen LogP contribution in [0.4, 0.5) is 5.69 Å². The fraction of sp³-hybridized carbons (Fsp3) is 0.348. The van der Waals surface area contributed by atoms with E-state index in [0.29, 0.717) is 12.2 Å². The van der Waals surface area contributed by atoms with Gasteiger partial charge in [-0.15, -0.1) is 0 Å². The third-order valence-electron chi connectivity index (χ3n) is 4.69. The Labute approximate surface area is 196 Å². The normalized spacial score (nSPS) is 12.0. The molecule has 174 valence electrons. The zero-order valence-corrected chi connectivity index (χ0v) is 19.5. The van der Waals surface area contributed by atoms with Crippen LogP contribution in [0.25, 0.3) is 0 Å². The van der Waals surface area contributed by atoms with Gasteiger partial charge in [0, 0.05) is 42.8 Å². The Morgan fingerprint density at radius 3 is 2.64 bits per heavy atom. The van der Waals surface area contributed by atoms with Crippen LogP contribution in [0.3, 0.4) is 0 Å². The molecule has 1 unspecified atom stereocenters. The van der Waals surface area contributed by atoms with E-state index in [1.54, 1.807) is 24.5 Å². The van der Waals surface area contributed by atoms with E-state index in [1.165, 1.54) is 24.8 Å². The van der Waals surface area contributed by atoms with Crippen LogP contribution in [-0.2, 0) is 20.7 Å². The molecule has 0 saturated heterocycles. The molecular weight excluding hydrogens is 444 g/mol. The summed E-state index contributed by atoms with van der Waals surface area (Å²) in [6.07, 6.45) is 3.58. The number of aromatic amines is 1. The number of ether oxygens (including phenoxy) is 2.